The molecule has 2 nitrogen and oxygen atoms in total. The normalized spacial score (nSPS) is 33.1. The third kappa shape index (κ3) is 1.23. The highest BCUT2D eigenvalue weighted by Gasteiger charge is 2.31. The van der Waals surface area contributed by atoms with Crippen LogP contribution in [0.4, 0.5) is 0 Å². The molecule has 0 aromatic heterocycles. The van der Waals surface area contributed by atoms with E-state index < -0.39 is 0 Å². The Balaban J connectivity index is 2.23. The molecule has 1 fully saturated rings. The zero-order valence-corrected chi connectivity index (χ0v) is 5.89. The van der Waals surface area contributed by atoms with Gasteiger partial charge in [-0.15, -0.1) is 0 Å². The van der Waals surface area contributed by atoms with Gasteiger partial charge in [-0.25, -0.2) is 0 Å². The monoisotopic (exact) mass is 128 g/mol. The smallest absolute Gasteiger partial charge is 0.308 e. The molecular formula is C7H12O2. The molecule has 0 unspecified atom stereocenters. The molecule has 1 aliphatic carbocycles. The van der Waals surface area contributed by atoms with Crippen LogP contribution < -0.4 is 0 Å². The lowest BCUT2D eigenvalue weighted by atomic mass is 9.76. The van der Waals surface area contributed by atoms with Gasteiger partial charge in [0.1, 0.15) is 0 Å². The lowest BCUT2D eigenvalue weighted by Gasteiger charge is -2.29. The fourth-order valence-electron chi connectivity index (χ4n) is 1.26. The van der Waals surface area contributed by atoms with Crippen LogP contribution in [0.15, 0.2) is 0 Å². The first kappa shape index (κ1) is 6.59. The van der Waals surface area contributed by atoms with Gasteiger partial charge in [-0.1, -0.05) is 6.92 Å². The fourth-order valence-corrected chi connectivity index (χ4v) is 1.26. The maximum absolute atomic E-state index is 10.7. The molecule has 1 saturated carbocycles. The molecule has 2 heteroatoms. The van der Waals surface area contributed by atoms with Crippen molar-refractivity contribution in [2.24, 2.45) is 11.8 Å². The molecule has 0 saturated heterocycles. The Morgan fingerprint density at radius 1 is 1.56 bits per heavy atom. The van der Waals surface area contributed by atoms with Gasteiger partial charge < -0.3 is 4.74 Å². The van der Waals surface area contributed by atoms with E-state index in [2.05, 4.69) is 11.7 Å². The van der Waals surface area contributed by atoms with E-state index in [0.717, 1.165) is 18.8 Å². The van der Waals surface area contributed by atoms with E-state index in [1.54, 1.807) is 0 Å². The highest BCUT2D eigenvalue weighted by atomic mass is 16.5. The molecular weight excluding hydrogens is 116 g/mol. The zero-order valence-electron chi connectivity index (χ0n) is 5.89. The van der Waals surface area contributed by atoms with Gasteiger partial charge in [0.15, 0.2) is 0 Å². The number of carbonyl (C=O) groups is 1. The van der Waals surface area contributed by atoms with Crippen LogP contribution in [0.5, 0.6) is 0 Å². The predicted octanol–water partition coefficient (Wildman–Crippen LogP) is 1.21. The molecule has 0 heterocycles. The molecule has 0 amide bonds. The average molecular weight is 128 g/mol. The minimum Gasteiger partial charge on any atom is -0.469 e. The van der Waals surface area contributed by atoms with Crippen molar-refractivity contribution in [2.75, 3.05) is 7.11 Å². The first-order valence-corrected chi connectivity index (χ1v) is 3.32. The van der Waals surface area contributed by atoms with Crippen LogP contribution in [0, 0.1) is 11.8 Å². The van der Waals surface area contributed by atoms with E-state index in [1.807, 2.05) is 0 Å². The van der Waals surface area contributed by atoms with Gasteiger partial charge in [-0.05, 0) is 18.8 Å². The molecule has 0 aromatic carbocycles. The van der Waals surface area contributed by atoms with E-state index in [1.165, 1.54) is 7.11 Å². The van der Waals surface area contributed by atoms with Crippen molar-refractivity contribution in [1.29, 1.82) is 0 Å². The third-order valence-electron chi connectivity index (χ3n) is 1.91. The van der Waals surface area contributed by atoms with Gasteiger partial charge in [0, 0.05) is 0 Å². The Bertz CT molecular complexity index is 114. The summed E-state index contributed by atoms with van der Waals surface area (Å²) in [5.41, 5.74) is 0. The number of carbonyl (C=O) groups excluding carboxylic acids is 1. The Kier molecular flexibility index (Phi) is 1.74. The predicted molar refractivity (Wildman–Crippen MR) is 33.9 cm³/mol. The van der Waals surface area contributed by atoms with Crippen molar-refractivity contribution in [1.82, 2.24) is 0 Å². The minimum absolute atomic E-state index is 0.0342. The zero-order chi connectivity index (χ0) is 6.85. The number of methoxy groups -OCH3 is 1. The fraction of sp³-hybridized carbons (Fsp3) is 0.857. The molecule has 1 rings (SSSR count). The molecule has 0 N–H and O–H groups in total. The second-order valence-corrected chi connectivity index (χ2v) is 2.80. The number of esters is 1. The van der Waals surface area contributed by atoms with Gasteiger partial charge in [-0.3, -0.25) is 4.79 Å². The van der Waals surface area contributed by atoms with Crippen molar-refractivity contribution in [3.05, 3.63) is 0 Å². The topological polar surface area (TPSA) is 26.3 Å². The van der Waals surface area contributed by atoms with Gasteiger partial charge in [0.2, 0.25) is 0 Å². The van der Waals surface area contributed by atoms with Crippen LogP contribution in [0.1, 0.15) is 19.8 Å². The Morgan fingerprint density at radius 2 is 2.11 bits per heavy atom. The highest BCUT2D eigenvalue weighted by molar-refractivity contribution is 5.73. The largest absolute Gasteiger partial charge is 0.469 e. The molecule has 1 aliphatic rings. The number of hydrogen-bond acceptors (Lipinski definition) is 2. The van der Waals surface area contributed by atoms with Crippen molar-refractivity contribution in [3.63, 3.8) is 0 Å². The number of ether oxygens (including phenoxy) is 1. The van der Waals surface area contributed by atoms with Crippen LogP contribution in [0.25, 0.3) is 0 Å². The molecule has 0 atom stereocenters. The molecule has 0 aromatic rings. The molecule has 0 aliphatic heterocycles. The molecule has 0 bridgehead atoms. The van der Waals surface area contributed by atoms with E-state index in [-0.39, 0.29) is 11.9 Å². The molecule has 0 radical (unpaired) electrons. The maximum atomic E-state index is 10.7. The summed E-state index contributed by atoms with van der Waals surface area (Å²) in [6.45, 7) is 2.15. The van der Waals surface area contributed by atoms with E-state index in [0.29, 0.717) is 0 Å². The van der Waals surface area contributed by atoms with Gasteiger partial charge >= 0.3 is 5.97 Å². The van der Waals surface area contributed by atoms with Crippen molar-refractivity contribution in [3.8, 4) is 0 Å². The summed E-state index contributed by atoms with van der Waals surface area (Å²) in [6.07, 6.45) is 2.04. The maximum Gasteiger partial charge on any atom is 0.308 e. The SMILES string of the molecule is COC(=O)[C@H]1C[C@H](C)C1. The second kappa shape index (κ2) is 2.38. The van der Waals surface area contributed by atoms with Gasteiger partial charge in [0.05, 0.1) is 13.0 Å². The quantitative estimate of drug-likeness (QED) is 0.496. The summed E-state index contributed by atoms with van der Waals surface area (Å²) in [5, 5.41) is 0. The summed E-state index contributed by atoms with van der Waals surface area (Å²) in [6, 6.07) is 0. The second-order valence-electron chi connectivity index (χ2n) is 2.80. The lowest BCUT2D eigenvalue weighted by Crippen LogP contribution is -2.29. The summed E-state index contributed by atoms with van der Waals surface area (Å²) in [7, 11) is 1.45. The lowest BCUT2D eigenvalue weighted by molar-refractivity contribution is -0.149. The molecule has 9 heavy (non-hydrogen) atoms. The first-order valence-electron chi connectivity index (χ1n) is 3.32. The van der Waals surface area contributed by atoms with Crippen LogP contribution in [0.2, 0.25) is 0 Å². The van der Waals surface area contributed by atoms with Crippen molar-refractivity contribution >= 4 is 5.97 Å². The van der Waals surface area contributed by atoms with E-state index >= 15 is 0 Å². The van der Waals surface area contributed by atoms with Gasteiger partial charge in [0.25, 0.3) is 0 Å². The van der Waals surface area contributed by atoms with Crippen molar-refractivity contribution in [2.45, 2.75) is 19.8 Å². The van der Waals surface area contributed by atoms with E-state index in [9.17, 15) is 4.79 Å². The molecule has 0 spiro atoms. The van der Waals surface area contributed by atoms with Crippen molar-refractivity contribution < 1.29 is 9.53 Å². The third-order valence-corrected chi connectivity index (χ3v) is 1.91. The first-order chi connectivity index (χ1) is 4.24. The summed E-state index contributed by atoms with van der Waals surface area (Å²) >= 11 is 0. The van der Waals surface area contributed by atoms with Crippen LogP contribution >= 0.6 is 0 Å². The number of rotatable bonds is 1. The standard InChI is InChI=1S/C7H12O2/c1-5-3-6(4-5)7(8)9-2/h5-6H,3-4H2,1-2H3/t5-,6-. The van der Waals surface area contributed by atoms with E-state index in [4.69, 9.17) is 0 Å². The highest BCUT2D eigenvalue weighted by Crippen LogP contribution is 2.33. The Hall–Kier alpha value is -0.530. The summed E-state index contributed by atoms with van der Waals surface area (Å²) in [4.78, 5) is 10.7. The Labute approximate surface area is 55.2 Å². The van der Waals surface area contributed by atoms with Crippen LogP contribution in [-0.4, -0.2) is 13.1 Å². The summed E-state index contributed by atoms with van der Waals surface area (Å²) in [5.74, 6) is 0.909. The van der Waals surface area contributed by atoms with Gasteiger partial charge in [-0.2, -0.15) is 0 Å². The van der Waals surface area contributed by atoms with Crippen LogP contribution in [0.3, 0.4) is 0 Å². The summed E-state index contributed by atoms with van der Waals surface area (Å²) < 4.78 is 4.56. The number of hydrogen-bond donors (Lipinski definition) is 0. The molecule has 52 valence electrons. The average Bonchev–Trinajstić information content (AvgIpc) is 1.79. The minimum atomic E-state index is -0.0342. The van der Waals surface area contributed by atoms with Crippen LogP contribution in [-0.2, 0) is 9.53 Å². The Morgan fingerprint density at radius 3 is 2.44 bits per heavy atom.